The average Bonchev–Trinajstić information content (AvgIpc) is 3.00. The van der Waals surface area contributed by atoms with Gasteiger partial charge in [-0.1, -0.05) is 122 Å². The second kappa shape index (κ2) is 31.7. The molecule has 0 aromatic heterocycles. The number of ether oxygens (including phenoxy) is 2. The van der Waals surface area contributed by atoms with Crippen LogP contribution in [0.4, 0.5) is 0 Å². The van der Waals surface area contributed by atoms with Gasteiger partial charge in [0, 0.05) is 19.4 Å². The van der Waals surface area contributed by atoms with E-state index in [0.717, 1.165) is 51.4 Å². The van der Waals surface area contributed by atoms with E-state index in [-0.39, 0.29) is 32.6 Å². The van der Waals surface area contributed by atoms with E-state index >= 15 is 0 Å². The maximum Gasteiger partial charge on any atom is 0.472 e. The number of nitrogens with two attached hydrogens (primary N) is 1. The molecule has 0 saturated carbocycles. The van der Waals surface area contributed by atoms with Crippen molar-refractivity contribution >= 4 is 19.8 Å². The lowest BCUT2D eigenvalue weighted by atomic mass is 10.1. The summed E-state index contributed by atoms with van der Waals surface area (Å²) >= 11 is 0. The fraction of sp³-hybridized carbons (Fsp3) is 0.882. The molecule has 0 spiro atoms. The van der Waals surface area contributed by atoms with E-state index in [9.17, 15) is 19.0 Å². The van der Waals surface area contributed by atoms with Crippen LogP contribution in [0.3, 0.4) is 0 Å². The van der Waals surface area contributed by atoms with Gasteiger partial charge in [0.2, 0.25) is 0 Å². The zero-order valence-electron chi connectivity index (χ0n) is 28.2. The van der Waals surface area contributed by atoms with E-state index in [4.69, 9.17) is 24.3 Å². The van der Waals surface area contributed by atoms with E-state index in [2.05, 4.69) is 26.0 Å². The lowest BCUT2D eigenvalue weighted by Gasteiger charge is -2.19. The summed E-state index contributed by atoms with van der Waals surface area (Å²) in [4.78, 5) is 34.5. The van der Waals surface area contributed by atoms with Gasteiger partial charge in [-0.05, 0) is 38.5 Å². The van der Waals surface area contributed by atoms with Gasteiger partial charge in [0.1, 0.15) is 6.61 Å². The minimum atomic E-state index is -4.36. The Bertz CT molecular complexity index is 749. The summed E-state index contributed by atoms with van der Waals surface area (Å²) in [7, 11) is -4.36. The molecule has 260 valence electrons. The first-order chi connectivity index (χ1) is 21.3. The molecular weight excluding hydrogens is 581 g/mol. The van der Waals surface area contributed by atoms with Crippen LogP contribution in [0.15, 0.2) is 12.2 Å². The lowest BCUT2D eigenvalue weighted by Crippen LogP contribution is -2.29. The molecule has 0 aliphatic rings. The highest BCUT2D eigenvalue weighted by Crippen LogP contribution is 2.43. The predicted octanol–water partition coefficient (Wildman–Crippen LogP) is 9.10. The van der Waals surface area contributed by atoms with Crippen LogP contribution in [-0.2, 0) is 32.7 Å². The molecule has 0 aliphatic heterocycles. The van der Waals surface area contributed by atoms with Gasteiger partial charge in [-0.3, -0.25) is 18.6 Å². The number of carbonyl (C=O) groups excluding carboxylic acids is 2. The van der Waals surface area contributed by atoms with Crippen LogP contribution in [0.1, 0.15) is 162 Å². The number of unbranched alkanes of at least 4 members (excludes halogenated alkanes) is 18. The fourth-order valence-corrected chi connectivity index (χ4v) is 5.51. The zero-order chi connectivity index (χ0) is 32.6. The number of allylic oxidation sites excluding steroid dienone is 2. The van der Waals surface area contributed by atoms with Crippen molar-refractivity contribution in [2.75, 3.05) is 26.4 Å². The quantitative estimate of drug-likeness (QED) is 0.0309. The Hall–Kier alpha value is -1.25. The minimum absolute atomic E-state index is 0.0546. The van der Waals surface area contributed by atoms with Crippen molar-refractivity contribution in [2.45, 2.75) is 168 Å². The van der Waals surface area contributed by atoms with Gasteiger partial charge in [0.05, 0.1) is 13.2 Å². The van der Waals surface area contributed by atoms with E-state index in [0.29, 0.717) is 6.42 Å². The standard InChI is InChI=1S/C34H66NO8P/c1-3-5-7-9-11-13-15-17-18-20-22-24-26-33(36)40-30-32(31-42-44(38,39)41-29-28-35)43-34(37)27-25-23-21-19-16-14-12-10-8-6-4-2/h11,13,32H,3-10,12,14-31,35H2,1-2H3,(H,38,39)/b13-11+/t32-/m1/s1. The van der Waals surface area contributed by atoms with Gasteiger partial charge in [0.15, 0.2) is 6.10 Å². The van der Waals surface area contributed by atoms with Gasteiger partial charge in [-0.25, -0.2) is 4.57 Å². The summed E-state index contributed by atoms with van der Waals surface area (Å²) in [5, 5.41) is 0. The predicted molar refractivity (Wildman–Crippen MR) is 178 cm³/mol. The highest BCUT2D eigenvalue weighted by atomic mass is 31.2. The summed E-state index contributed by atoms with van der Waals surface area (Å²) < 4.78 is 32.5. The van der Waals surface area contributed by atoms with Crippen LogP contribution in [0, 0.1) is 0 Å². The van der Waals surface area contributed by atoms with Crippen LogP contribution >= 0.6 is 7.82 Å². The number of carbonyl (C=O) groups is 2. The van der Waals surface area contributed by atoms with Gasteiger partial charge in [-0.2, -0.15) is 0 Å². The first-order valence-electron chi connectivity index (χ1n) is 17.7. The summed E-state index contributed by atoms with van der Waals surface area (Å²) in [6, 6.07) is 0. The molecule has 0 heterocycles. The Morgan fingerprint density at radius 3 is 1.66 bits per heavy atom. The first-order valence-corrected chi connectivity index (χ1v) is 19.2. The summed E-state index contributed by atoms with van der Waals surface area (Å²) in [5.74, 6) is -0.838. The number of hydrogen-bond donors (Lipinski definition) is 2. The van der Waals surface area contributed by atoms with Crippen LogP contribution in [0.2, 0.25) is 0 Å². The third kappa shape index (κ3) is 30.8. The molecule has 1 unspecified atom stereocenters. The minimum Gasteiger partial charge on any atom is -0.462 e. The van der Waals surface area contributed by atoms with Crippen LogP contribution in [-0.4, -0.2) is 49.3 Å². The van der Waals surface area contributed by atoms with Crippen LogP contribution in [0.25, 0.3) is 0 Å². The molecule has 44 heavy (non-hydrogen) atoms. The summed E-state index contributed by atoms with van der Waals surface area (Å²) in [6.07, 6.45) is 28.1. The Kier molecular flexibility index (Phi) is 30.8. The zero-order valence-corrected chi connectivity index (χ0v) is 29.0. The van der Waals surface area contributed by atoms with Gasteiger partial charge in [0.25, 0.3) is 0 Å². The number of phosphoric ester groups is 1. The molecule has 0 radical (unpaired) electrons. The van der Waals surface area contributed by atoms with Crippen molar-refractivity contribution in [3.63, 3.8) is 0 Å². The molecule has 0 rings (SSSR count). The Morgan fingerprint density at radius 1 is 0.659 bits per heavy atom. The van der Waals surface area contributed by atoms with Crippen molar-refractivity contribution in [1.29, 1.82) is 0 Å². The second-order valence-corrected chi connectivity index (χ2v) is 13.2. The Labute approximate surface area is 269 Å². The molecule has 0 amide bonds. The van der Waals surface area contributed by atoms with Crippen molar-refractivity contribution in [3.05, 3.63) is 12.2 Å². The number of phosphoric acid groups is 1. The molecule has 0 fully saturated rings. The largest absolute Gasteiger partial charge is 0.472 e. The monoisotopic (exact) mass is 647 g/mol. The lowest BCUT2D eigenvalue weighted by molar-refractivity contribution is -0.161. The molecule has 0 aromatic carbocycles. The maximum absolute atomic E-state index is 12.5. The molecule has 2 atom stereocenters. The van der Waals surface area contributed by atoms with Crippen molar-refractivity contribution in [1.82, 2.24) is 0 Å². The van der Waals surface area contributed by atoms with Crippen LogP contribution < -0.4 is 5.73 Å². The smallest absolute Gasteiger partial charge is 0.462 e. The van der Waals surface area contributed by atoms with E-state index in [1.165, 1.54) is 77.0 Å². The molecule has 0 bridgehead atoms. The van der Waals surface area contributed by atoms with E-state index in [1.807, 2.05) is 0 Å². The van der Waals surface area contributed by atoms with Crippen molar-refractivity contribution in [2.24, 2.45) is 5.73 Å². The Morgan fingerprint density at radius 2 is 1.11 bits per heavy atom. The summed E-state index contributed by atoms with van der Waals surface area (Å²) in [6.45, 7) is 3.67. The molecule has 3 N–H and O–H groups in total. The van der Waals surface area contributed by atoms with E-state index < -0.39 is 32.5 Å². The number of rotatable bonds is 33. The van der Waals surface area contributed by atoms with E-state index in [1.54, 1.807) is 0 Å². The summed E-state index contributed by atoms with van der Waals surface area (Å²) in [5.41, 5.74) is 5.31. The highest BCUT2D eigenvalue weighted by Gasteiger charge is 2.25. The topological polar surface area (TPSA) is 134 Å². The van der Waals surface area contributed by atoms with Gasteiger partial charge < -0.3 is 20.1 Å². The normalized spacial score (nSPS) is 13.6. The molecule has 0 aromatic rings. The molecule has 0 saturated heterocycles. The number of esters is 2. The molecular formula is C34H66NO8P. The molecule has 10 heteroatoms. The molecule has 9 nitrogen and oxygen atoms in total. The molecule has 0 aliphatic carbocycles. The third-order valence-electron chi connectivity index (χ3n) is 7.40. The third-order valence-corrected chi connectivity index (χ3v) is 8.39. The van der Waals surface area contributed by atoms with Crippen molar-refractivity contribution in [3.8, 4) is 0 Å². The Balaban J connectivity index is 4.27. The second-order valence-electron chi connectivity index (χ2n) is 11.7. The first kappa shape index (κ1) is 42.8. The SMILES string of the molecule is CCCCC/C=C/CCCCCCCC(=O)OC[C@H](COP(=O)(O)OCCN)OC(=O)CCCCCCCCCCCCC. The van der Waals surface area contributed by atoms with Crippen molar-refractivity contribution < 1.29 is 37.6 Å². The van der Waals surface area contributed by atoms with Gasteiger partial charge >= 0.3 is 19.8 Å². The number of hydrogen-bond acceptors (Lipinski definition) is 8. The highest BCUT2D eigenvalue weighted by molar-refractivity contribution is 7.47. The van der Waals surface area contributed by atoms with Crippen LogP contribution in [0.5, 0.6) is 0 Å². The fourth-order valence-electron chi connectivity index (χ4n) is 4.74. The van der Waals surface area contributed by atoms with Gasteiger partial charge in [-0.15, -0.1) is 0 Å². The average molecular weight is 648 g/mol. The maximum atomic E-state index is 12.5.